The van der Waals surface area contributed by atoms with Crippen molar-refractivity contribution in [3.63, 3.8) is 0 Å². The summed E-state index contributed by atoms with van der Waals surface area (Å²) in [5.74, 6) is 1.48. The molecule has 0 radical (unpaired) electrons. The lowest BCUT2D eigenvalue weighted by molar-refractivity contribution is 0.102. The van der Waals surface area contributed by atoms with E-state index >= 15 is 0 Å². The minimum atomic E-state index is -0.295. The fourth-order valence-electron chi connectivity index (χ4n) is 2.24. The Hall–Kier alpha value is -3.41. The first-order valence-corrected chi connectivity index (χ1v) is 8.45. The predicted molar refractivity (Wildman–Crippen MR) is 102 cm³/mol. The van der Waals surface area contributed by atoms with Gasteiger partial charge >= 0.3 is 0 Å². The van der Waals surface area contributed by atoms with Crippen LogP contribution in [0.3, 0.4) is 0 Å². The van der Waals surface area contributed by atoms with E-state index in [2.05, 4.69) is 27.5 Å². The van der Waals surface area contributed by atoms with Crippen molar-refractivity contribution in [3.05, 3.63) is 72.6 Å². The first-order chi connectivity index (χ1) is 12.8. The third-order valence-corrected chi connectivity index (χ3v) is 3.55. The van der Waals surface area contributed by atoms with E-state index in [4.69, 9.17) is 4.74 Å². The standard InChI is InChI=1S/C20H20N4O2/c1-2-12-21-20-22-13-15(14-23-20)19(25)24-17-10-6-7-11-18(17)26-16-8-4-3-5-9-16/h3-11,13-14H,2,12H2,1H3,(H,24,25)(H,21,22,23). The summed E-state index contributed by atoms with van der Waals surface area (Å²) in [6.45, 7) is 2.85. The van der Waals surface area contributed by atoms with Crippen LogP contribution in [0.1, 0.15) is 23.7 Å². The van der Waals surface area contributed by atoms with Gasteiger partial charge in [0.25, 0.3) is 5.91 Å². The topological polar surface area (TPSA) is 76.1 Å². The summed E-state index contributed by atoms with van der Waals surface area (Å²) in [5.41, 5.74) is 0.955. The number of hydrogen-bond donors (Lipinski definition) is 2. The van der Waals surface area contributed by atoms with Crippen LogP contribution in [-0.2, 0) is 0 Å². The smallest absolute Gasteiger partial charge is 0.258 e. The summed E-state index contributed by atoms with van der Waals surface area (Å²) < 4.78 is 5.85. The molecule has 6 nitrogen and oxygen atoms in total. The largest absolute Gasteiger partial charge is 0.455 e. The van der Waals surface area contributed by atoms with Crippen LogP contribution in [0.2, 0.25) is 0 Å². The molecule has 0 aliphatic heterocycles. The van der Waals surface area contributed by atoms with Crippen LogP contribution in [0.4, 0.5) is 11.6 Å². The van der Waals surface area contributed by atoms with Gasteiger partial charge in [-0.05, 0) is 30.7 Å². The fourth-order valence-corrected chi connectivity index (χ4v) is 2.24. The number of ether oxygens (including phenoxy) is 1. The van der Waals surface area contributed by atoms with Gasteiger partial charge in [0, 0.05) is 18.9 Å². The Morgan fingerprint density at radius 3 is 2.42 bits per heavy atom. The molecule has 6 heteroatoms. The molecule has 1 aromatic heterocycles. The Balaban J connectivity index is 1.71. The predicted octanol–water partition coefficient (Wildman–Crippen LogP) is 4.34. The number of benzene rings is 2. The number of hydrogen-bond acceptors (Lipinski definition) is 5. The lowest BCUT2D eigenvalue weighted by Crippen LogP contribution is -2.14. The Bertz CT molecular complexity index is 851. The molecule has 2 N–H and O–H groups in total. The molecule has 3 aromatic rings. The summed E-state index contributed by atoms with van der Waals surface area (Å²) in [7, 11) is 0. The molecule has 0 unspecified atom stereocenters. The van der Waals surface area contributed by atoms with Crippen molar-refractivity contribution in [1.82, 2.24) is 9.97 Å². The highest BCUT2D eigenvalue weighted by Gasteiger charge is 2.11. The SMILES string of the molecule is CCCNc1ncc(C(=O)Nc2ccccc2Oc2ccccc2)cn1. The number of aromatic nitrogens is 2. The van der Waals surface area contributed by atoms with Gasteiger partial charge in [0.1, 0.15) is 5.75 Å². The molecule has 0 saturated carbocycles. The Morgan fingerprint density at radius 2 is 1.69 bits per heavy atom. The van der Waals surface area contributed by atoms with E-state index in [0.717, 1.165) is 13.0 Å². The van der Waals surface area contributed by atoms with Crippen molar-refractivity contribution >= 4 is 17.5 Å². The van der Waals surface area contributed by atoms with Crippen LogP contribution in [0.5, 0.6) is 11.5 Å². The number of nitrogens with one attached hydrogen (secondary N) is 2. The minimum Gasteiger partial charge on any atom is -0.455 e. The average Bonchev–Trinajstić information content (AvgIpc) is 2.69. The number of rotatable bonds is 7. The highest BCUT2D eigenvalue weighted by Crippen LogP contribution is 2.29. The Morgan fingerprint density at radius 1 is 1.00 bits per heavy atom. The zero-order valence-electron chi connectivity index (χ0n) is 14.5. The Kier molecular flexibility index (Phi) is 5.77. The second-order valence-corrected chi connectivity index (χ2v) is 5.59. The molecule has 0 bridgehead atoms. The normalized spacial score (nSPS) is 10.2. The molecule has 132 valence electrons. The molecule has 0 atom stereocenters. The maximum absolute atomic E-state index is 12.5. The maximum Gasteiger partial charge on any atom is 0.258 e. The third kappa shape index (κ3) is 4.57. The van der Waals surface area contributed by atoms with Crippen LogP contribution >= 0.6 is 0 Å². The van der Waals surface area contributed by atoms with Crippen LogP contribution in [-0.4, -0.2) is 22.4 Å². The van der Waals surface area contributed by atoms with Crippen molar-refractivity contribution in [2.75, 3.05) is 17.2 Å². The number of nitrogens with zero attached hydrogens (tertiary/aromatic N) is 2. The summed E-state index contributed by atoms with van der Waals surface area (Å²) >= 11 is 0. The number of carbonyl (C=O) groups is 1. The zero-order chi connectivity index (χ0) is 18.2. The van der Waals surface area contributed by atoms with E-state index < -0.39 is 0 Å². The molecule has 3 rings (SSSR count). The van der Waals surface area contributed by atoms with Crippen LogP contribution in [0, 0.1) is 0 Å². The minimum absolute atomic E-state index is 0.295. The average molecular weight is 348 g/mol. The van der Waals surface area contributed by atoms with Crippen LogP contribution < -0.4 is 15.4 Å². The quantitative estimate of drug-likeness (QED) is 0.664. The van der Waals surface area contributed by atoms with Crippen molar-refractivity contribution in [2.24, 2.45) is 0 Å². The Labute approximate surface area is 152 Å². The van der Waals surface area contributed by atoms with Gasteiger partial charge in [0.05, 0.1) is 11.3 Å². The molecule has 0 spiro atoms. The molecule has 2 aromatic carbocycles. The zero-order valence-corrected chi connectivity index (χ0v) is 14.5. The van der Waals surface area contributed by atoms with Crippen molar-refractivity contribution in [3.8, 4) is 11.5 Å². The second-order valence-electron chi connectivity index (χ2n) is 5.59. The lowest BCUT2D eigenvalue weighted by atomic mass is 10.2. The van der Waals surface area contributed by atoms with E-state index in [-0.39, 0.29) is 5.91 Å². The van der Waals surface area contributed by atoms with E-state index in [0.29, 0.717) is 28.7 Å². The highest BCUT2D eigenvalue weighted by atomic mass is 16.5. The van der Waals surface area contributed by atoms with Gasteiger partial charge in [-0.2, -0.15) is 0 Å². The van der Waals surface area contributed by atoms with E-state index in [9.17, 15) is 4.79 Å². The molecule has 1 heterocycles. The van der Waals surface area contributed by atoms with Gasteiger partial charge in [-0.15, -0.1) is 0 Å². The summed E-state index contributed by atoms with van der Waals surface area (Å²) in [4.78, 5) is 20.8. The van der Waals surface area contributed by atoms with Gasteiger partial charge < -0.3 is 15.4 Å². The highest BCUT2D eigenvalue weighted by molar-refractivity contribution is 6.04. The molecule has 0 fully saturated rings. The van der Waals surface area contributed by atoms with Gasteiger partial charge in [-0.25, -0.2) is 9.97 Å². The molecular formula is C20H20N4O2. The molecular weight excluding hydrogens is 328 g/mol. The molecule has 0 aliphatic rings. The van der Waals surface area contributed by atoms with Gasteiger partial charge in [-0.3, -0.25) is 4.79 Å². The van der Waals surface area contributed by atoms with Gasteiger partial charge in [0.2, 0.25) is 5.95 Å². The fraction of sp³-hybridized carbons (Fsp3) is 0.150. The molecule has 1 amide bonds. The molecule has 26 heavy (non-hydrogen) atoms. The van der Waals surface area contributed by atoms with Crippen molar-refractivity contribution in [2.45, 2.75) is 13.3 Å². The third-order valence-electron chi connectivity index (χ3n) is 3.55. The van der Waals surface area contributed by atoms with Gasteiger partial charge in [0.15, 0.2) is 5.75 Å². The van der Waals surface area contributed by atoms with Crippen LogP contribution in [0.15, 0.2) is 67.0 Å². The van der Waals surface area contributed by atoms with Gasteiger partial charge in [-0.1, -0.05) is 37.3 Å². The number of carbonyl (C=O) groups excluding carboxylic acids is 1. The van der Waals surface area contributed by atoms with E-state index in [1.807, 2.05) is 42.5 Å². The van der Waals surface area contributed by atoms with E-state index in [1.165, 1.54) is 12.4 Å². The first kappa shape index (κ1) is 17.4. The van der Waals surface area contributed by atoms with Crippen molar-refractivity contribution < 1.29 is 9.53 Å². The van der Waals surface area contributed by atoms with Crippen molar-refractivity contribution in [1.29, 1.82) is 0 Å². The van der Waals surface area contributed by atoms with E-state index in [1.54, 1.807) is 12.1 Å². The van der Waals surface area contributed by atoms with Crippen LogP contribution in [0.25, 0.3) is 0 Å². The first-order valence-electron chi connectivity index (χ1n) is 8.45. The summed E-state index contributed by atoms with van der Waals surface area (Å²) in [5, 5.41) is 5.92. The monoisotopic (exact) mass is 348 g/mol. The summed E-state index contributed by atoms with van der Waals surface area (Å²) in [6, 6.07) is 16.7. The lowest BCUT2D eigenvalue weighted by Gasteiger charge is -2.12. The second kappa shape index (κ2) is 8.62. The molecule has 0 saturated heterocycles. The summed E-state index contributed by atoms with van der Waals surface area (Å²) in [6.07, 6.45) is 3.98. The number of para-hydroxylation sites is 3. The number of amides is 1. The number of anilines is 2. The molecule has 0 aliphatic carbocycles. The maximum atomic E-state index is 12.5.